The van der Waals surface area contributed by atoms with Crippen LogP contribution in [0.2, 0.25) is 0 Å². The number of rotatable bonds is 11. The number of carbonyl (C=O) groups is 6. The van der Waals surface area contributed by atoms with Gasteiger partial charge in [-0.05, 0) is 125 Å². The van der Waals surface area contributed by atoms with Gasteiger partial charge in [0.15, 0.2) is 0 Å². The van der Waals surface area contributed by atoms with E-state index >= 15 is 0 Å². The Balaban J connectivity index is 0.00000102. The lowest BCUT2D eigenvalue weighted by Gasteiger charge is -2.32. The Morgan fingerprint density at radius 3 is 2.14 bits per heavy atom. The average Bonchev–Trinajstić information content (AvgIpc) is 3.79. The molecule has 0 unspecified atom stereocenters. The highest BCUT2D eigenvalue weighted by atomic mass is 19.4. The molecule has 1 aliphatic carbocycles. The Bertz CT molecular complexity index is 2280. The number of carboxylic acids is 1. The summed E-state index contributed by atoms with van der Waals surface area (Å²) in [4.78, 5) is 80.2. The molecule has 2 fully saturated rings. The number of hydrogen-bond donors (Lipinski definition) is 6. The summed E-state index contributed by atoms with van der Waals surface area (Å²) in [6.07, 6.45) is -1.49. The zero-order valence-electron chi connectivity index (χ0n) is 35.7. The Morgan fingerprint density at radius 1 is 0.938 bits per heavy atom. The zero-order valence-corrected chi connectivity index (χ0v) is 35.7. The van der Waals surface area contributed by atoms with Crippen molar-refractivity contribution < 1.29 is 51.8 Å². The number of tetrazole rings is 1. The van der Waals surface area contributed by atoms with Gasteiger partial charge in [-0.1, -0.05) is 30.3 Å². The number of nitrogens with zero attached hydrogens (tertiary/aromatic N) is 5. The number of carboxylic acid groups (broad SMARTS) is 1. The van der Waals surface area contributed by atoms with Gasteiger partial charge in [0.2, 0.25) is 17.6 Å². The van der Waals surface area contributed by atoms with Gasteiger partial charge in [-0.15, -0.1) is 10.2 Å². The van der Waals surface area contributed by atoms with Crippen LogP contribution < -0.4 is 26.6 Å². The van der Waals surface area contributed by atoms with Crippen LogP contribution in [-0.2, 0) is 30.3 Å². The third kappa shape index (κ3) is 13.4. The first kappa shape index (κ1) is 48.3. The van der Waals surface area contributed by atoms with Gasteiger partial charge in [0.25, 0.3) is 11.8 Å². The molecule has 18 nitrogen and oxygen atoms in total. The number of aromatic nitrogens is 5. The van der Waals surface area contributed by atoms with Crippen LogP contribution in [-0.4, -0.2) is 103 Å². The number of piperidine rings is 1. The van der Waals surface area contributed by atoms with Crippen LogP contribution in [0, 0.1) is 18.8 Å². The summed E-state index contributed by atoms with van der Waals surface area (Å²) in [5.41, 5.74) is 10.4. The SMILES string of the molecule is Cc1nc(C(=O)N[C@H]2CCCNC2=O)ccc1-c1ccc(C[C@H](N)C(=O)N(c2ccc(-c3nn[nH]n3)cc2)C(=O)[C@H]2CC[C@H](CNC(=O)OC(C)(C)C)CC2)cc1.O=C(O)C(F)(F)F. The van der Waals surface area contributed by atoms with E-state index in [2.05, 4.69) is 41.6 Å². The summed E-state index contributed by atoms with van der Waals surface area (Å²) >= 11 is 0. The summed E-state index contributed by atoms with van der Waals surface area (Å²) in [6, 6.07) is 16.2. The fourth-order valence-electron chi connectivity index (χ4n) is 7.21. The van der Waals surface area contributed by atoms with Crippen molar-refractivity contribution in [2.24, 2.45) is 17.6 Å². The Morgan fingerprint density at radius 2 is 1.58 bits per heavy atom. The number of carbonyl (C=O) groups excluding carboxylic acids is 5. The molecule has 0 spiro atoms. The number of alkyl halides is 3. The summed E-state index contributed by atoms with van der Waals surface area (Å²) in [5.74, 6) is -4.05. The number of ether oxygens (including phenoxy) is 1. The third-order valence-electron chi connectivity index (χ3n) is 10.5. The number of imide groups is 1. The van der Waals surface area contributed by atoms with E-state index in [4.69, 9.17) is 20.4 Å². The number of halogens is 3. The van der Waals surface area contributed by atoms with Crippen LogP contribution in [0.25, 0.3) is 22.5 Å². The standard InChI is InChI=1S/C41H50N10O6.C2HF3O2/c1-24-31(19-20-34(45-24)37(53)46-33-6-5-21-43-36(33)52)27-11-7-25(8-12-27)22-32(42)39(55)51(30-17-15-28(16-18-30)35-47-49-50-48-35)38(54)29-13-9-26(10-14-29)23-44-40(56)57-41(2,3)4;3-2(4,5)1(6)7/h7-8,11-12,15-20,26,29,32-33H,5-6,9-10,13-14,21-23,42H2,1-4H3,(H,43,52)(H,44,56)(H,46,53)(H,47,48,49,50);(H,6,7)/t26-,29-,32-,33-;/m0./s1. The molecule has 3 heterocycles. The molecule has 2 atom stereocenters. The van der Waals surface area contributed by atoms with E-state index in [1.54, 1.807) is 30.3 Å². The van der Waals surface area contributed by atoms with Crippen molar-refractivity contribution >= 4 is 41.4 Å². The maximum Gasteiger partial charge on any atom is 0.490 e. The topological polar surface area (TPSA) is 265 Å². The highest BCUT2D eigenvalue weighted by Crippen LogP contribution is 2.32. The molecule has 2 aromatic carbocycles. The fourth-order valence-corrected chi connectivity index (χ4v) is 7.21. The lowest BCUT2D eigenvalue weighted by atomic mass is 9.81. The number of nitrogens with one attached hydrogen (secondary N) is 4. The number of benzene rings is 2. The number of hydrogen-bond acceptors (Lipinski definition) is 12. The Labute approximate surface area is 366 Å². The van der Waals surface area contributed by atoms with Gasteiger partial charge in [0, 0.05) is 35.8 Å². The second-order valence-corrected chi connectivity index (χ2v) is 16.5. The first-order valence-corrected chi connectivity index (χ1v) is 20.6. The molecule has 2 aliphatic rings. The molecule has 6 rings (SSSR count). The van der Waals surface area contributed by atoms with E-state index in [-0.39, 0.29) is 29.8 Å². The third-order valence-corrected chi connectivity index (χ3v) is 10.5. The molecule has 342 valence electrons. The molecule has 1 saturated carbocycles. The number of pyridine rings is 1. The molecule has 64 heavy (non-hydrogen) atoms. The van der Waals surface area contributed by atoms with Crippen LogP contribution in [0.15, 0.2) is 60.7 Å². The quantitative estimate of drug-likeness (QED) is 0.120. The number of aliphatic carboxylic acids is 1. The van der Waals surface area contributed by atoms with E-state index in [0.29, 0.717) is 68.0 Å². The Hall–Kier alpha value is -6.77. The number of aromatic amines is 1. The minimum Gasteiger partial charge on any atom is -0.475 e. The summed E-state index contributed by atoms with van der Waals surface area (Å²) < 4.78 is 37.1. The number of amides is 5. The van der Waals surface area contributed by atoms with Crippen molar-refractivity contribution in [3.8, 4) is 22.5 Å². The molecule has 21 heteroatoms. The molecular formula is C43H51F3N10O8. The van der Waals surface area contributed by atoms with E-state index in [1.807, 2.05) is 58.0 Å². The van der Waals surface area contributed by atoms with E-state index in [0.717, 1.165) is 23.1 Å². The van der Waals surface area contributed by atoms with Crippen molar-refractivity contribution in [2.75, 3.05) is 18.0 Å². The van der Waals surface area contributed by atoms with Crippen LogP contribution >= 0.6 is 0 Å². The Kier molecular flexibility index (Phi) is 15.9. The number of alkyl carbamates (subject to hydrolysis) is 1. The predicted molar refractivity (Wildman–Crippen MR) is 225 cm³/mol. The van der Waals surface area contributed by atoms with Crippen LogP contribution in [0.1, 0.15) is 81.0 Å². The van der Waals surface area contributed by atoms with Gasteiger partial charge in [0.05, 0.1) is 11.7 Å². The fraction of sp³-hybridized carbons (Fsp3) is 0.442. The smallest absolute Gasteiger partial charge is 0.475 e. The van der Waals surface area contributed by atoms with Crippen molar-refractivity contribution in [1.82, 2.24) is 41.6 Å². The lowest BCUT2D eigenvalue weighted by Crippen LogP contribution is -2.50. The number of nitrogens with two attached hydrogens (primary N) is 1. The van der Waals surface area contributed by atoms with E-state index < -0.39 is 53.7 Å². The predicted octanol–water partition coefficient (Wildman–Crippen LogP) is 4.64. The molecule has 0 radical (unpaired) electrons. The van der Waals surface area contributed by atoms with Crippen molar-refractivity contribution in [3.63, 3.8) is 0 Å². The monoisotopic (exact) mass is 892 g/mol. The van der Waals surface area contributed by atoms with E-state index in [9.17, 15) is 37.1 Å². The van der Waals surface area contributed by atoms with E-state index in [1.165, 1.54) is 4.90 Å². The number of aryl methyl sites for hydroxylation is 1. The van der Waals surface area contributed by atoms with Gasteiger partial charge >= 0.3 is 18.2 Å². The van der Waals surface area contributed by atoms with Crippen LogP contribution in [0.3, 0.4) is 0 Å². The highest BCUT2D eigenvalue weighted by Gasteiger charge is 2.38. The number of anilines is 1. The van der Waals surface area contributed by atoms with Crippen LogP contribution in [0.4, 0.5) is 23.7 Å². The molecule has 7 N–H and O–H groups in total. The van der Waals surface area contributed by atoms with Gasteiger partial charge in [-0.25, -0.2) is 19.5 Å². The minimum absolute atomic E-state index is 0.179. The molecule has 0 bridgehead atoms. The van der Waals surface area contributed by atoms with Gasteiger partial charge in [-0.3, -0.25) is 19.2 Å². The molecule has 2 aromatic heterocycles. The van der Waals surface area contributed by atoms with Gasteiger partial charge < -0.3 is 31.5 Å². The molecule has 5 amide bonds. The molecular weight excluding hydrogens is 842 g/mol. The number of H-pyrrole nitrogens is 1. The largest absolute Gasteiger partial charge is 0.490 e. The average molecular weight is 893 g/mol. The highest BCUT2D eigenvalue weighted by molar-refractivity contribution is 6.17. The van der Waals surface area contributed by atoms with Crippen molar-refractivity contribution in [1.29, 1.82) is 0 Å². The summed E-state index contributed by atoms with van der Waals surface area (Å²) in [6.45, 7) is 8.30. The first-order chi connectivity index (χ1) is 30.2. The maximum atomic E-state index is 14.2. The lowest BCUT2D eigenvalue weighted by molar-refractivity contribution is -0.192. The second kappa shape index (κ2) is 21.1. The normalized spacial score (nSPS) is 18.0. The molecule has 1 saturated heterocycles. The van der Waals surface area contributed by atoms with Crippen molar-refractivity contribution in [3.05, 3.63) is 77.6 Å². The van der Waals surface area contributed by atoms with Gasteiger partial charge in [0.1, 0.15) is 17.3 Å². The molecule has 4 aromatic rings. The summed E-state index contributed by atoms with van der Waals surface area (Å²) in [7, 11) is 0. The minimum atomic E-state index is -5.08. The van der Waals surface area contributed by atoms with Gasteiger partial charge in [-0.2, -0.15) is 18.4 Å². The summed E-state index contributed by atoms with van der Waals surface area (Å²) in [5, 5.41) is 29.6. The van der Waals surface area contributed by atoms with Crippen LogP contribution in [0.5, 0.6) is 0 Å². The second-order valence-electron chi connectivity index (χ2n) is 16.5. The van der Waals surface area contributed by atoms with Crippen molar-refractivity contribution in [2.45, 2.75) is 96.5 Å². The maximum absolute atomic E-state index is 14.2. The first-order valence-electron chi connectivity index (χ1n) is 20.6. The zero-order chi connectivity index (χ0) is 46.8. The molecule has 1 aliphatic heterocycles.